The number of rotatable bonds is 2. The van der Waals surface area contributed by atoms with Crippen molar-refractivity contribution in [3.05, 3.63) is 0 Å². The Labute approximate surface area is 113 Å². The summed E-state index contributed by atoms with van der Waals surface area (Å²) in [7, 11) is 2.14. The predicted octanol–water partition coefficient (Wildman–Crippen LogP) is 3.05. The van der Waals surface area contributed by atoms with Gasteiger partial charge in [-0.1, -0.05) is 34.6 Å². The zero-order valence-electron chi connectivity index (χ0n) is 13.4. The Morgan fingerprint density at radius 2 is 1.67 bits per heavy atom. The molecule has 1 rings (SSSR count). The number of piperidine rings is 1. The molecule has 1 N–H and O–H groups in total. The van der Waals surface area contributed by atoms with Crippen molar-refractivity contribution >= 4 is 5.91 Å². The first-order valence-corrected chi connectivity index (χ1v) is 7.20. The van der Waals surface area contributed by atoms with E-state index in [2.05, 4.69) is 45.0 Å². The molecule has 0 aromatic heterocycles. The van der Waals surface area contributed by atoms with Crippen LogP contribution in [-0.2, 0) is 4.79 Å². The monoisotopic (exact) mass is 256 g/mol. The van der Waals surface area contributed by atoms with E-state index in [-0.39, 0.29) is 16.9 Å². The molecule has 0 spiro atoms. The average molecular weight is 256 g/mol. The van der Waals surface area contributed by atoms with Gasteiger partial charge in [0.05, 0.1) is 0 Å². The number of likely N-dealkylation sites (tertiary alicyclic amines) is 1. The Kier molecular flexibility index (Phi) is 6.90. The topological polar surface area (TPSA) is 32.3 Å². The summed E-state index contributed by atoms with van der Waals surface area (Å²) in [5, 5.41) is 3.21. The molecule has 0 aromatic rings. The van der Waals surface area contributed by atoms with Crippen LogP contribution < -0.4 is 5.32 Å². The maximum absolute atomic E-state index is 11.9. The molecule has 0 aromatic carbocycles. The van der Waals surface area contributed by atoms with E-state index in [0.29, 0.717) is 6.42 Å². The molecule has 0 aliphatic carbocycles. The minimum Gasteiger partial charge on any atom is -0.351 e. The first-order chi connectivity index (χ1) is 8.20. The van der Waals surface area contributed by atoms with Gasteiger partial charge in [-0.3, -0.25) is 4.79 Å². The number of hydrogen-bond acceptors (Lipinski definition) is 2. The van der Waals surface area contributed by atoms with E-state index < -0.39 is 0 Å². The summed E-state index contributed by atoms with van der Waals surface area (Å²) in [5.41, 5.74) is 0.0841. The molecule has 0 unspecified atom stereocenters. The van der Waals surface area contributed by atoms with Gasteiger partial charge in [-0.25, -0.2) is 0 Å². The first kappa shape index (κ1) is 17.4. The zero-order valence-corrected chi connectivity index (χ0v) is 13.4. The van der Waals surface area contributed by atoms with E-state index in [1.807, 2.05) is 13.8 Å². The van der Waals surface area contributed by atoms with Crippen LogP contribution in [-0.4, -0.2) is 36.5 Å². The molecule has 1 fully saturated rings. The van der Waals surface area contributed by atoms with Crippen LogP contribution in [0.15, 0.2) is 0 Å². The van der Waals surface area contributed by atoms with Crippen LogP contribution in [0.2, 0.25) is 0 Å². The molecule has 0 atom stereocenters. The second-order valence-corrected chi connectivity index (χ2v) is 6.65. The maximum atomic E-state index is 11.9. The minimum absolute atomic E-state index is 0.00877. The Morgan fingerprint density at radius 3 is 2.06 bits per heavy atom. The number of nitrogens with one attached hydrogen (secondary N) is 1. The SMILES string of the molecule is CC.CN1CCC(C)(NC(=O)CC(C)(C)C)CC1. The Morgan fingerprint density at radius 1 is 1.22 bits per heavy atom. The van der Waals surface area contributed by atoms with E-state index in [1.54, 1.807) is 0 Å². The van der Waals surface area contributed by atoms with E-state index in [9.17, 15) is 4.79 Å². The van der Waals surface area contributed by atoms with Crippen molar-refractivity contribution in [3.63, 3.8) is 0 Å². The highest BCUT2D eigenvalue weighted by Crippen LogP contribution is 2.23. The summed E-state index contributed by atoms with van der Waals surface area (Å²) in [6.45, 7) is 14.6. The highest BCUT2D eigenvalue weighted by molar-refractivity contribution is 5.77. The number of amides is 1. The summed E-state index contributed by atoms with van der Waals surface area (Å²) in [4.78, 5) is 14.2. The van der Waals surface area contributed by atoms with Gasteiger partial charge in [0.1, 0.15) is 0 Å². The van der Waals surface area contributed by atoms with Crippen molar-refractivity contribution in [2.45, 2.75) is 66.3 Å². The van der Waals surface area contributed by atoms with Gasteiger partial charge in [0.15, 0.2) is 0 Å². The van der Waals surface area contributed by atoms with Crippen LogP contribution in [0.25, 0.3) is 0 Å². The summed E-state index contributed by atoms with van der Waals surface area (Å²) >= 11 is 0. The molecule has 1 aliphatic rings. The molecule has 3 nitrogen and oxygen atoms in total. The minimum atomic E-state index is 0.00877. The first-order valence-electron chi connectivity index (χ1n) is 7.20. The lowest BCUT2D eigenvalue weighted by Gasteiger charge is -2.39. The standard InChI is InChI=1S/C13H26N2O.C2H6/c1-12(2,3)10-11(16)14-13(4)6-8-15(5)9-7-13;1-2/h6-10H2,1-5H3,(H,14,16);1-2H3. The van der Waals surface area contributed by atoms with Gasteiger partial charge in [-0.2, -0.15) is 0 Å². The normalized spacial score (nSPS) is 19.7. The lowest BCUT2D eigenvalue weighted by Crippen LogP contribution is -2.53. The maximum Gasteiger partial charge on any atom is 0.220 e. The van der Waals surface area contributed by atoms with Crippen LogP contribution in [0, 0.1) is 5.41 Å². The summed E-state index contributed by atoms with van der Waals surface area (Å²) in [6.07, 6.45) is 2.72. The van der Waals surface area contributed by atoms with Crippen molar-refractivity contribution < 1.29 is 4.79 Å². The zero-order chi connectivity index (χ0) is 14.4. The quantitative estimate of drug-likeness (QED) is 0.823. The fourth-order valence-corrected chi connectivity index (χ4v) is 2.10. The molecule has 0 saturated carbocycles. The van der Waals surface area contributed by atoms with E-state index in [4.69, 9.17) is 0 Å². The average Bonchev–Trinajstić information content (AvgIpc) is 2.23. The molecular formula is C15H32N2O. The summed E-state index contributed by atoms with van der Waals surface area (Å²) < 4.78 is 0. The number of hydrogen-bond donors (Lipinski definition) is 1. The summed E-state index contributed by atoms with van der Waals surface area (Å²) in [6, 6.07) is 0. The molecular weight excluding hydrogens is 224 g/mol. The lowest BCUT2D eigenvalue weighted by atomic mass is 9.87. The van der Waals surface area contributed by atoms with Gasteiger partial charge >= 0.3 is 0 Å². The van der Waals surface area contributed by atoms with Crippen LogP contribution in [0.5, 0.6) is 0 Å². The molecule has 18 heavy (non-hydrogen) atoms. The molecule has 1 amide bonds. The third kappa shape index (κ3) is 7.00. The van der Waals surface area contributed by atoms with E-state index >= 15 is 0 Å². The van der Waals surface area contributed by atoms with Crippen LogP contribution in [0.4, 0.5) is 0 Å². The van der Waals surface area contributed by atoms with E-state index in [1.165, 1.54) is 0 Å². The van der Waals surface area contributed by atoms with Gasteiger partial charge < -0.3 is 10.2 Å². The number of carbonyl (C=O) groups excluding carboxylic acids is 1. The summed E-state index contributed by atoms with van der Waals surface area (Å²) in [5.74, 6) is 0.194. The number of carbonyl (C=O) groups is 1. The fourth-order valence-electron chi connectivity index (χ4n) is 2.10. The van der Waals surface area contributed by atoms with Gasteiger partial charge in [-0.15, -0.1) is 0 Å². The Hall–Kier alpha value is -0.570. The molecule has 108 valence electrons. The second-order valence-electron chi connectivity index (χ2n) is 6.65. The highest BCUT2D eigenvalue weighted by atomic mass is 16.1. The predicted molar refractivity (Wildman–Crippen MR) is 78.7 cm³/mol. The molecule has 1 heterocycles. The van der Waals surface area contributed by atoms with Crippen molar-refractivity contribution in [1.82, 2.24) is 10.2 Å². The molecule has 1 saturated heterocycles. The smallest absolute Gasteiger partial charge is 0.220 e. The third-order valence-corrected chi connectivity index (χ3v) is 3.22. The van der Waals surface area contributed by atoms with Crippen LogP contribution in [0.3, 0.4) is 0 Å². The Bertz CT molecular complexity index is 248. The van der Waals surface area contributed by atoms with Gasteiger partial charge in [-0.05, 0) is 32.2 Å². The molecule has 0 bridgehead atoms. The second kappa shape index (κ2) is 7.13. The van der Waals surface area contributed by atoms with Gasteiger partial charge in [0.2, 0.25) is 5.91 Å². The highest BCUT2D eigenvalue weighted by Gasteiger charge is 2.31. The van der Waals surface area contributed by atoms with Crippen molar-refractivity contribution in [3.8, 4) is 0 Å². The van der Waals surface area contributed by atoms with Crippen LogP contribution in [0.1, 0.15) is 60.8 Å². The van der Waals surface area contributed by atoms with Crippen molar-refractivity contribution in [2.24, 2.45) is 5.41 Å². The fraction of sp³-hybridized carbons (Fsp3) is 0.933. The number of nitrogens with zero attached hydrogens (tertiary/aromatic N) is 1. The van der Waals surface area contributed by atoms with Gasteiger partial charge in [0.25, 0.3) is 0 Å². The van der Waals surface area contributed by atoms with Crippen molar-refractivity contribution in [2.75, 3.05) is 20.1 Å². The van der Waals surface area contributed by atoms with Gasteiger partial charge in [0, 0.05) is 25.0 Å². The molecule has 3 heteroatoms. The third-order valence-electron chi connectivity index (χ3n) is 3.22. The van der Waals surface area contributed by atoms with Crippen LogP contribution >= 0.6 is 0 Å². The molecule has 1 aliphatic heterocycles. The van der Waals surface area contributed by atoms with E-state index in [0.717, 1.165) is 25.9 Å². The lowest BCUT2D eigenvalue weighted by molar-refractivity contribution is -0.125. The largest absolute Gasteiger partial charge is 0.351 e. The molecule has 0 radical (unpaired) electrons. The Balaban J connectivity index is 0.00000137. The van der Waals surface area contributed by atoms with Crippen molar-refractivity contribution in [1.29, 1.82) is 0 Å².